The fraction of sp³-hybridized carbons (Fsp3) is 0.588. The topological polar surface area (TPSA) is 54.3 Å². The molecule has 0 spiro atoms. The average Bonchev–Trinajstić information content (AvgIpc) is 3.21. The van der Waals surface area contributed by atoms with Crippen molar-refractivity contribution in [2.75, 3.05) is 20.6 Å². The van der Waals surface area contributed by atoms with E-state index in [4.69, 9.17) is 0 Å². The molecule has 130 valence electrons. The number of nitrogens with zero attached hydrogens (tertiary/aromatic N) is 5. The van der Waals surface area contributed by atoms with Gasteiger partial charge >= 0.3 is 0 Å². The lowest BCUT2D eigenvalue weighted by molar-refractivity contribution is -0.127. The fourth-order valence-corrected chi connectivity index (χ4v) is 3.87. The molecule has 0 unspecified atom stereocenters. The van der Waals surface area contributed by atoms with Crippen LogP contribution in [0.15, 0.2) is 23.8 Å². The molecule has 24 heavy (non-hydrogen) atoms. The number of likely N-dealkylation sites (N-methyl/N-ethyl adjacent to an activating group) is 1. The number of thiazole rings is 1. The zero-order chi connectivity index (χ0) is 16.9. The molecule has 0 radical (unpaired) electrons. The molecule has 3 rings (SSSR count). The lowest BCUT2D eigenvalue weighted by Crippen LogP contribution is -2.41. The van der Waals surface area contributed by atoms with Gasteiger partial charge in [-0.1, -0.05) is 6.42 Å². The summed E-state index contributed by atoms with van der Waals surface area (Å²) in [6.07, 6.45) is 7.99. The maximum atomic E-state index is 11.8. The highest BCUT2D eigenvalue weighted by atomic mass is 32.1. The second kappa shape index (κ2) is 7.90. The lowest BCUT2D eigenvalue weighted by Gasteiger charge is -2.35. The van der Waals surface area contributed by atoms with Crippen LogP contribution >= 0.6 is 11.3 Å². The first-order valence-corrected chi connectivity index (χ1v) is 9.34. The summed E-state index contributed by atoms with van der Waals surface area (Å²) in [5, 5.41) is 7.34. The van der Waals surface area contributed by atoms with Crippen LogP contribution in [0.3, 0.4) is 0 Å². The van der Waals surface area contributed by atoms with Gasteiger partial charge in [0.2, 0.25) is 5.91 Å². The zero-order valence-electron chi connectivity index (χ0n) is 14.4. The summed E-state index contributed by atoms with van der Waals surface area (Å²) in [5.74, 6) is 0.102. The van der Waals surface area contributed by atoms with Gasteiger partial charge in [-0.2, -0.15) is 5.10 Å². The van der Waals surface area contributed by atoms with Crippen LogP contribution in [0.4, 0.5) is 0 Å². The number of carbonyl (C=O) groups excluding carboxylic acids is 1. The third-order valence-corrected chi connectivity index (χ3v) is 5.37. The van der Waals surface area contributed by atoms with Crippen LogP contribution in [0.25, 0.3) is 0 Å². The van der Waals surface area contributed by atoms with Crippen molar-refractivity contribution in [1.29, 1.82) is 0 Å². The minimum atomic E-state index is 0.102. The van der Waals surface area contributed by atoms with E-state index in [1.807, 2.05) is 23.1 Å². The maximum absolute atomic E-state index is 11.8. The van der Waals surface area contributed by atoms with Gasteiger partial charge in [0.15, 0.2) is 0 Å². The second-order valence-electron chi connectivity index (χ2n) is 6.55. The molecular formula is C17H25N5OS. The Balaban J connectivity index is 1.61. The van der Waals surface area contributed by atoms with E-state index in [2.05, 4.69) is 20.4 Å². The molecule has 1 amide bonds. The van der Waals surface area contributed by atoms with E-state index in [1.54, 1.807) is 30.3 Å². The van der Waals surface area contributed by atoms with E-state index >= 15 is 0 Å². The molecular weight excluding hydrogens is 322 g/mol. The van der Waals surface area contributed by atoms with E-state index in [-0.39, 0.29) is 5.91 Å². The summed E-state index contributed by atoms with van der Waals surface area (Å²) < 4.78 is 2.02. The molecule has 1 aliphatic heterocycles. The monoisotopic (exact) mass is 347 g/mol. The van der Waals surface area contributed by atoms with Gasteiger partial charge in [-0.25, -0.2) is 4.98 Å². The Hall–Kier alpha value is -1.73. The largest absolute Gasteiger partial charge is 0.348 e. The minimum Gasteiger partial charge on any atom is -0.348 e. The molecule has 0 aliphatic carbocycles. The number of aromatic nitrogens is 3. The summed E-state index contributed by atoms with van der Waals surface area (Å²) in [5.41, 5.74) is 1.08. The summed E-state index contributed by atoms with van der Waals surface area (Å²) in [7, 11) is 3.56. The van der Waals surface area contributed by atoms with Gasteiger partial charge in [-0.05, 0) is 25.5 Å². The van der Waals surface area contributed by atoms with E-state index in [0.717, 1.165) is 30.3 Å². The molecule has 0 saturated carbocycles. The Labute approximate surface area is 147 Å². The number of likely N-dealkylation sites (tertiary alicyclic amines) is 1. The average molecular weight is 347 g/mol. The van der Waals surface area contributed by atoms with Crippen LogP contribution in [0.2, 0.25) is 0 Å². The number of rotatable bonds is 6. The molecule has 1 atom stereocenters. The smallest absolute Gasteiger partial charge is 0.228 e. The van der Waals surface area contributed by atoms with E-state index in [9.17, 15) is 4.79 Å². The number of piperidine rings is 1. The Morgan fingerprint density at radius 1 is 1.42 bits per heavy atom. The number of hydrogen-bond acceptors (Lipinski definition) is 5. The number of amides is 1. The highest BCUT2D eigenvalue weighted by molar-refractivity contribution is 7.09. The summed E-state index contributed by atoms with van der Waals surface area (Å²) in [6.45, 7) is 2.90. The molecule has 7 heteroatoms. The third-order valence-electron chi connectivity index (χ3n) is 4.47. The molecule has 2 aromatic heterocycles. The molecule has 1 aliphatic rings. The molecule has 0 bridgehead atoms. The van der Waals surface area contributed by atoms with Crippen molar-refractivity contribution in [2.45, 2.75) is 44.8 Å². The standard InChI is InChI=1S/C17H25N5OS/c1-20(2)17(23)10-16-19-14(13-24-16)11-21-8-4-3-6-15(21)12-22-9-5-7-18-22/h5,7,9,13,15H,3-4,6,8,10-12H2,1-2H3/t15-/m0/s1. The molecule has 0 aromatic carbocycles. The first kappa shape index (κ1) is 17.1. The summed E-state index contributed by atoms with van der Waals surface area (Å²) >= 11 is 1.59. The van der Waals surface area contributed by atoms with Crippen LogP contribution in [-0.2, 0) is 24.3 Å². The molecule has 3 heterocycles. The van der Waals surface area contributed by atoms with Crippen molar-refractivity contribution in [3.8, 4) is 0 Å². The van der Waals surface area contributed by atoms with E-state index < -0.39 is 0 Å². The van der Waals surface area contributed by atoms with Gasteiger partial charge in [0, 0.05) is 44.5 Å². The van der Waals surface area contributed by atoms with E-state index in [0.29, 0.717) is 12.5 Å². The highest BCUT2D eigenvalue weighted by Gasteiger charge is 2.24. The molecule has 1 fully saturated rings. The molecule has 0 N–H and O–H groups in total. The molecule has 6 nitrogen and oxygen atoms in total. The van der Waals surface area contributed by atoms with Gasteiger partial charge in [-0.15, -0.1) is 11.3 Å². The van der Waals surface area contributed by atoms with Crippen molar-refractivity contribution in [1.82, 2.24) is 24.6 Å². The van der Waals surface area contributed by atoms with Gasteiger partial charge in [0.25, 0.3) is 0 Å². The van der Waals surface area contributed by atoms with Crippen molar-refractivity contribution < 1.29 is 4.79 Å². The Morgan fingerprint density at radius 3 is 3.04 bits per heavy atom. The second-order valence-corrected chi connectivity index (χ2v) is 7.49. The number of carbonyl (C=O) groups is 1. The SMILES string of the molecule is CN(C)C(=O)Cc1nc(CN2CCCC[C@H]2Cn2cccn2)cs1. The van der Waals surface area contributed by atoms with Crippen molar-refractivity contribution in [3.63, 3.8) is 0 Å². The molecule has 2 aromatic rings. The zero-order valence-corrected chi connectivity index (χ0v) is 15.2. The first-order valence-electron chi connectivity index (χ1n) is 8.46. The fourth-order valence-electron chi connectivity index (χ4n) is 3.10. The van der Waals surface area contributed by atoms with Crippen LogP contribution < -0.4 is 0 Å². The Bertz CT molecular complexity index is 652. The van der Waals surface area contributed by atoms with Gasteiger partial charge in [0.05, 0.1) is 18.7 Å². The predicted molar refractivity (Wildman–Crippen MR) is 94.8 cm³/mol. The van der Waals surface area contributed by atoms with Crippen molar-refractivity contribution in [2.24, 2.45) is 0 Å². The van der Waals surface area contributed by atoms with Crippen LogP contribution in [0.5, 0.6) is 0 Å². The third kappa shape index (κ3) is 4.42. The number of hydrogen-bond donors (Lipinski definition) is 0. The summed E-state index contributed by atoms with van der Waals surface area (Å²) in [6, 6.07) is 2.48. The van der Waals surface area contributed by atoms with Crippen LogP contribution in [-0.4, -0.2) is 57.2 Å². The lowest BCUT2D eigenvalue weighted by atomic mass is 10.0. The minimum absolute atomic E-state index is 0.102. The quantitative estimate of drug-likeness (QED) is 0.802. The van der Waals surface area contributed by atoms with Gasteiger partial charge in [-0.3, -0.25) is 14.4 Å². The van der Waals surface area contributed by atoms with Crippen LogP contribution in [0, 0.1) is 0 Å². The maximum Gasteiger partial charge on any atom is 0.228 e. The Kier molecular flexibility index (Phi) is 5.63. The first-order chi connectivity index (χ1) is 11.6. The normalized spacial score (nSPS) is 18.7. The molecule has 1 saturated heterocycles. The Morgan fingerprint density at radius 2 is 2.29 bits per heavy atom. The summed E-state index contributed by atoms with van der Waals surface area (Å²) in [4.78, 5) is 20.6. The highest BCUT2D eigenvalue weighted by Crippen LogP contribution is 2.22. The van der Waals surface area contributed by atoms with Crippen LogP contribution in [0.1, 0.15) is 30.0 Å². The van der Waals surface area contributed by atoms with E-state index in [1.165, 1.54) is 19.3 Å². The van der Waals surface area contributed by atoms with Crippen molar-refractivity contribution >= 4 is 17.2 Å². The van der Waals surface area contributed by atoms with Gasteiger partial charge < -0.3 is 4.90 Å². The predicted octanol–water partition coefficient (Wildman–Crippen LogP) is 2.02. The van der Waals surface area contributed by atoms with Crippen molar-refractivity contribution in [3.05, 3.63) is 34.5 Å². The van der Waals surface area contributed by atoms with Gasteiger partial charge in [0.1, 0.15) is 5.01 Å².